The molecule has 0 bridgehead atoms. The second kappa shape index (κ2) is 12.6. The van der Waals surface area contributed by atoms with Gasteiger partial charge in [-0.2, -0.15) is 4.31 Å². The van der Waals surface area contributed by atoms with E-state index in [1.807, 2.05) is 60.7 Å². The molecule has 2 heterocycles. The predicted molar refractivity (Wildman–Crippen MR) is 170 cm³/mol. The van der Waals surface area contributed by atoms with Crippen LogP contribution in [-0.4, -0.2) is 60.1 Å². The number of rotatable bonds is 7. The smallest absolute Gasteiger partial charge is 0.254 e. The zero-order chi connectivity index (χ0) is 30.7. The van der Waals surface area contributed by atoms with E-state index in [9.17, 15) is 18.0 Å². The van der Waals surface area contributed by atoms with Crippen LogP contribution in [0.4, 0.5) is 0 Å². The topological polar surface area (TPSA) is 99.7 Å². The number of piperazine rings is 1. The lowest BCUT2D eigenvalue weighted by Crippen LogP contribution is -2.61. The first-order valence-electron chi connectivity index (χ1n) is 14.1. The third kappa shape index (κ3) is 6.07. The van der Waals surface area contributed by atoms with E-state index in [-0.39, 0.29) is 24.5 Å². The number of sulfonamides is 1. The molecular formula is C34H29ClN4O4S. The molecular weight excluding hydrogens is 596 g/mol. The molecule has 0 saturated carbocycles. The summed E-state index contributed by atoms with van der Waals surface area (Å²) in [5, 5.41) is 4.19. The summed E-state index contributed by atoms with van der Waals surface area (Å²) in [7, 11) is -4.01. The van der Waals surface area contributed by atoms with Crippen molar-refractivity contribution in [3.8, 4) is 0 Å². The quantitative estimate of drug-likeness (QED) is 0.265. The lowest BCUT2D eigenvalue weighted by molar-refractivity contribution is -0.127. The first-order chi connectivity index (χ1) is 21.3. The van der Waals surface area contributed by atoms with E-state index < -0.39 is 33.9 Å². The Morgan fingerprint density at radius 3 is 2.20 bits per heavy atom. The second-order valence-electron chi connectivity index (χ2n) is 10.5. The molecule has 10 heteroatoms. The summed E-state index contributed by atoms with van der Waals surface area (Å²) in [5.74, 6) is -0.877. The van der Waals surface area contributed by atoms with Crippen LogP contribution in [0, 0.1) is 0 Å². The van der Waals surface area contributed by atoms with Crippen LogP contribution >= 0.6 is 11.6 Å². The van der Waals surface area contributed by atoms with Crippen LogP contribution in [-0.2, 0) is 14.8 Å². The number of amides is 2. The number of fused-ring (bicyclic) bond motifs is 1. The van der Waals surface area contributed by atoms with Crippen molar-refractivity contribution in [3.05, 3.63) is 143 Å². The van der Waals surface area contributed by atoms with E-state index in [1.165, 1.54) is 15.3 Å². The van der Waals surface area contributed by atoms with Crippen LogP contribution in [0.5, 0.6) is 0 Å². The number of pyridine rings is 1. The van der Waals surface area contributed by atoms with Gasteiger partial charge in [0, 0.05) is 41.8 Å². The van der Waals surface area contributed by atoms with Crippen molar-refractivity contribution in [1.82, 2.24) is 19.5 Å². The van der Waals surface area contributed by atoms with Crippen LogP contribution in [0.25, 0.3) is 10.9 Å². The molecule has 4 aromatic carbocycles. The monoisotopic (exact) mass is 624 g/mol. The lowest BCUT2D eigenvalue weighted by atomic mass is 9.98. The van der Waals surface area contributed by atoms with E-state index in [0.29, 0.717) is 21.5 Å². The molecule has 1 unspecified atom stereocenters. The summed E-state index contributed by atoms with van der Waals surface area (Å²) >= 11 is 6.18. The minimum Gasteiger partial charge on any atom is -0.343 e. The molecule has 0 aliphatic carbocycles. The molecule has 1 N–H and O–H groups in total. The molecule has 1 aromatic heterocycles. The Labute approximate surface area is 261 Å². The number of carbonyl (C=O) groups is 2. The van der Waals surface area contributed by atoms with Gasteiger partial charge in [-0.15, -0.1) is 0 Å². The number of nitrogens with one attached hydrogen (secondary N) is 1. The van der Waals surface area contributed by atoms with Gasteiger partial charge in [-0.1, -0.05) is 84.4 Å². The summed E-state index contributed by atoms with van der Waals surface area (Å²) in [6.45, 7) is -0.189. The highest BCUT2D eigenvalue weighted by atomic mass is 35.5. The van der Waals surface area contributed by atoms with Gasteiger partial charge in [0.15, 0.2) is 0 Å². The van der Waals surface area contributed by atoms with Gasteiger partial charge in [0.25, 0.3) is 5.91 Å². The van der Waals surface area contributed by atoms with Gasteiger partial charge < -0.3 is 10.2 Å². The zero-order valence-corrected chi connectivity index (χ0v) is 25.2. The van der Waals surface area contributed by atoms with Crippen molar-refractivity contribution in [1.29, 1.82) is 0 Å². The molecule has 0 radical (unpaired) electrons. The molecule has 1 aliphatic rings. The number of hydrogen-bond donors (Lipinski definition) is 1. The minimum atomic E-state index is -4.01. The van der Waals surface area contributed by atoms with Gasteiger partial charge in [-0.05, 0) is 53.6 Å². The van der Waals surface area contributed by atoms with Crippen molar-refractivity contribution in [2.75, 3.05) is 19.6 Å². The largest absolute Gasteiger partial charge is 0.343 e. The summed E-state index contributed by atoms with van der Waals surface area (Å²) in [4.78, 5) is 33.8. The van der Waals surface area contributed by atoms with E-state index in [0.717, 1.165) is 11.1 Å². The fourth-order valence-corrected chi connectivity index (χ4v) is 7.15. The van der Waals surface area contributed by atoms with Crippen molar-refractivity contribution >= 4 is 44.3 Å². The maximum absolute atomic E-state index is 14.2. The van der Waals surface area contributed by atoms with Gasteiger partial charge in [0.05, 0.1) is 16.5 Å². The van der Waals surface area contributed by atoms with E-state index >= 15 is 0 Å². The molecule has 0 spiro atoms. The average Bonchev–Trinajstić information content (AvgIpc) is 3.07. The summed E-state index contributed by atoms with van der Waals surface area (Å²) in [5.41, 5.74) is 2.69. The average molecular weight is 625 g/mol. The highest BCUT2D eigenvalue weighted by molar-refractivity contribution is 7.89. The Kier molecular flexibility index (Phi) is 8.43. The zero-order valence-electron chi connectivity index (χ0n) is 23.6. The molecule has 222 valence electrons. The van der Waals surface area contributed by atoms with E-state index in [4.69, 9.17) is 11.6 Å². The van der Waals surface area contributed by atoms with Crippen molar-refractivity contribution in [2.45, 2.75) is 17.0 Å². The number of halogens is 1. The normalized spacial score (nSPS) is 15.8. The molecule has 1 atom stereocenters. The summed E-state index contributed by atoms with van der Waals surface area (Å²) in [6.07, 6.45) is 1.65. The molecule has 1 fully saturated rings. The molecule has 1 aliphatic heterocycles. The molecule has 5 aromatic rings. The van der Waals surface area contributed by atoms with Gasteiger partial charge in [-0.25, -0.2) is 8.42 Å². The maximum atomic E-state index is 14.2. The van der Waals surface area contributed by atoms with Gasteiger partial charge in [0.1, 0.15) is 6.04 Å². The molecule has 2 amide bonds. The standard InChI is InChI=1S/C34H29ClN4O4S/c35-28-15-7-13-27(21-28)34(41)39-20-19-38(44(42,43)29-16-17-30-26(22-29)14-8-18-36-30)23-31(39)33(40)37-32(24-9-3-1-4-10-24)25-11-5-2-6-12-25/h1-18,21-22,31-32H,19-20,23H2,(H,37,40). The molecule has 8 nitrogen and oxygen atoms in total. The number of hydrogen-bond acceptors (Lipinski definition) is 5. The molecule has 1 saturated heterocycles. The number of carbonyl (C=O) groups excluding carboxylic acids is 2. The van der Waals surface area contributed by atoms with E-state index in [1.54, 1.807) is 54.7 Å². The minimum absolute atomic E-state index is 0.0130. The first-order valence-corrected chi connectivity index (χ1v) is 15.9. The Morgan fingerprint density at radius 2 is 1.52 bits per heavy atom. The summed E-state index contributed by atoms with van der Waals surface area (Å²) < 4.78 is 29.1. The summed E-state index contributed by atoms with van der Waals surface area (Å²) in [6, 6.07) is 32.2. The fourth-order valence-electron chi connectivity index (χ4n) is 5.48. The fraction of sp³-hybridized carbons (Fsp3) is 0.147. The van der Waals surface area contributed by atoms with Crippen LogP contribution in [0.1, 0.15) is 27.5 Å². The predicted octanol–water partition coefficient (Wildman–Crippen LogP) is 5.31. The maximum Gasteiger partial charge on any atom is 0.254 e. The number of aromatic nitrogens is 1. The third-order valence-corrected chi connectivity index (χ3v) is 9.84. The van der Waals surface area contributed by atoms with Gasteiger partial charge in [0.2, 0.25) is 15.9 Å². The van der Waals surface area contributed by atoms with Crippen LogP contribution in [0.2, 0.25) is 5.02 Å². The lowest BCUT2D eigenvalue weighted by Gasteiger charge is -2.40. The van der Waals surface area contributed by atoms with E-state index in [2.05, 4.69) is 10.3 Å². The third-order valence-electron chi connectivity index (χ3n) is 7.74. The van der Waals surface area contributed by atoms with Crippen LogP contribution in [0.15, 0.2) is 126 Å². The Hall–Kier alpha value is -4.57. The van der Waals surface area contributed by atoms with Crippen LogP contribution < -0.4 is 5.32 Å². The Balaban J connectivity index is 1.35. The Morgan fingerprint density at radius 1 is 0.818 bits per heavy atom. The molecule has 6 rings (SSSR count). The van der Waals surface area contributed by atoms with Crippen LogP contribution in [0.3, 0.4) is 0 Å². The highest BCUT2D eigenvalue weighted by Crippen LogP contribution is 2.27. The first kappa shape index (κ1) is 29.5. The second-order valence-corrected chi connectivity index (χ2v) is 12.9. The Bertz CT molecular complexity index is 1880. The highest BCUT2D eigenvalue weighted by Gasteiger charge is 2.41. The van der Waals surface area contributed by atoms with Crippen molar-refractivity contribution < 1.29 is 18.0 Å². The number of benzene rings is 4. The van der Waals surface area contributed by atoms with Gasteiger partial charge in [-0.3, -0.25) is 14.6 Å². The molecule has 44 heavy (non-hydrogen) atoms. The number of nitrogens with zero attached hydrogens (tertiary/aromatic N) is 3. The van der Waals surface area contributed by atoms with Gasteiger partial charge >= 0.3 is 0 Å². The SMILES string of the molecule is O=C(NC(c1ccccc1)c1ccccc1)C1CN(S(=O)(=O)c2ccc3ncccc3c2)CCN1C(=O)c1cccc(Cl)c1. The van der Waals surface area contributed by atoms with Crippen molar-refractivity contribution in [2.24, 2.45) is 0 Å². The van der Waals surface area contributed by atoms with Crippen molar-refractivity contribution in [3.63, 3.8) is 0 Å².